The number of fused-ring (bicyclic) bond motifs is 1. The monoisotopic (exact) mass is 471 g/mol. The van der Waals surface area contributed by atoms with Crippen LogP contribution in [0, 0.1) is 12.7 Å². The molecule has 0 unspecified atom stereocenters. The van der Waals surface area contributed by atoms with Gasteiger partial charge in [-0.1, -0.05) is 6.07 Å². The molecule has 35 heavy (non-hydrogen) atoms. The minimum absolute atomic E-state index is 0.206. The number of anilines is 2. The molecule has 0 bridgehead atoms. The number of benzene rings is 1. The van der Waals surface area contributed by atoms with Crippen LogP contribution in [0.2, 0.25) is 0 Å². The van der Waals surface area contributed by atoms with Gasteiger partial charge in [0.05, 0.1) is 0 Å². The van der Waals surface area contributed by atoms with Gasteiger partial charge in [0.1, 0.15) is 19.5 Å². The van der Waals surface area contributed by atoms with E-state index in [1.165, 1.54) is 12.1 Å². The molecule has 0 spiro atoms. The van der Waals surface area contributed by atoms with E-state index in [-0.39, 0.29) is 17.8 Å². The second-order valence-corrected chi connectivity index (χ2v) is 9.05. The molecular formula is C25H27BFN7O. The van der Waals surface area contributed by atoms with Crippen LogP contribution in [0.25, 0.3) is 5.65 Å². The van der Waals surface area contributed by atoms with E-state index < -0.39 is 0 Å². The molecule has 1 fully saturated rings. The van der Waals surface area contributed by atoms with Crippen molar-refractivity contribution in [3.8, 4) is 0 Å². The highest BCUT2D eigenvalue weighted by molar-refractivity contribution is 6.36. The molecule has 178 valence electrons. The fourth-order valence-electron chi connectivity index (χ4n) is 4.51. The van der Waals surface area contributed by atoms with Gasteiger partial charge in [-0.15, -0.1) is 0 Å². The lowest BCUT2D eigenvalue weighted by molar-refractivity contribution is 0.194. The maximum Gasteiger partial charge on any atom is 0.321 e. The molecule has 4 aromatic rings. The Bertz CT molecular complexity index is 1330. The molecule has 0 aliphatic carbocycles. The van der Waals surface area contributed by atoms with Crippen LogP contribution in [-0.2, 0) is 6.54 Å². The van der Waals surface area contributed by atoms with Gasteiger partial charge in [0.25, 0.3) is 0 Å². The third kappa shape index (κ3) is 5.11. The molecule has 4 heterocycles. The molecule has 1 saturated heterocycles. The first-order chi connectivity index (χ1) is 17.0. The van der Waals surface area contributed by atoms with Crippen LogP contribution in [0.15, 0.2) is 55.0 Å². The first-order valence-electron chi connectivity index (χ1n) is 11.8. The van der Waals surface area contributed by atoms with E-state index in [4.69, 9.17) is 4.98 Å². The molecule has 3 aromatic heterocycles. The summed E-state index contributed by atoms with van der Waals surface area (Å²) in [7, 11) is 2.01. The lowest BCUT2D eigenvalue weighted by Gasteiger charge is -2.32. The number of amides is 2. The Morgan fingerprint density at radius 3 is 2.77 bits per heavy atom. The Kier molecular flexibility index (Phi) is 6.35. The fraction of sp³-hybridized carbons (Fsp3) is 0.280. The summed E-state index contributed by atoms with van der Waals surface area (Å²) in [6, 6.07) is 10.3. The summed E-state index contributed by atoms with van der Waals surface area (Å²) in [6.45, 7) is 3.64. The van der Waals surface area contributed by atoms with Gasteiger partial charge in [-0.2, -0.15) is 9.61 Å². The molecule has 0 atom stereocenters. The molecule has 8 nitrogen and oxygen atoms in total. The van der Waals surface area contributed by atoms with Crippen LogP contribution >= 0.6 is 0 Å². The lowest BCUT2D eigenvalue weighted by atomic mass is 9.93. The minimum Gasteiger partial charge on any atom is -0.366 e. The van der Waals surface area contributed by atoms with Crippen molar-refractivity contribution in [3.05, 3.63) is 77.6 Å². The van der Waals surface area contributed by atoms with Gasteiger partial charge >= 0.3 is 6.03 Å². The summed E-state index contributed by atoms with van der Waals surface area (Å²) in [5.41, 5.74) is 5.16. The van der Waals surface area contributed by atoms with E-state index in [0.29, 0.717) is 25.3 Å². The van der Waals surface area contributed by atoms with E-state index in [9.17, 15) is 9.18 Å². The van der Waals surface area contributed by atoms with Gasteiger partial charge in [0, 0.05) is 61.6 Å². The molecule has 0 radical (unpaired) electrons. The SMILES string of the molecule is Bc1cnn2c(NCc3cccnc3)cc(C3CCN(C(=O)Nc4cc(C)cc(F)c4)CC3)nc12. The maximum atomic E-state index is 13.7. The first-order valence-corrected chi connectivity index (χ1v) is 11.8. The molecule has 2 N–H and O–H groups in total. The second-order valence-electron chi connectivity index (χ2n) is 9.05. The number of hydrogen-bond donors (Lipinski definition) is 2. The van der Waals surface area contributed by atoms with Gasteiger partial charge < -0.3 is 15.5 Å². The number of carbonyl (C=O) groups is 1. The maximum absolute atomic E-state index is 13.7. The van der Waals surface area contributed by atoms with E-state index in [2.05, 4.69) is 26.8 Å². The first kappa shape index (κ1) is 22.8. The van der Waals surface area contributed by atoms with Crippen molar-refractivity contribution in [2.24, 2.45) is 0 Å². The Labute approximate surface area is 204 Å². The number of halogens is 1. The number of aryl methyl sites for hydroxylation is 1. The number of aromatic nitrogens is 4. The summed E-state index contributed by atoms with van der Waals surface area (Å²) in [5.74, 6) is 0.751. The number of rotatable bonds is 5. The van der Waals surface area contributed by atoms with Crippen molar-refractivity contribution in [2.45, 2.75) is 32.2 Å². The van der Waals surface area contributed by atoms with Crippen molar-refractivity contribution in [1.29, 1.82) is 0 Å². The predicted octanol–water partition coefficient (Wildman–Crippen LogP) is 2.85. The quantitative estimate of drug-likeness (QED) is 0.438. The van der Waals surface area contributed by atoms with Crippen LogP contribution in [0.4, 0.5) is 20.7 Å². The number of carbonyl (C=O) groups excluding carboxylic acids is 1. The minimum atomic E-state index is -0.358. The summed E-state index contributed by atoms with van der Waals surface area (Å²) in [4.78, 5) is 23.6. The van der Waals surface area contributed by atoms with Crippen molar-refractivity contribution in [1.82, 2.24) is 24.5 Å². The molecule has 1 aliphatic rings. The number of pyridine rings is 1. The molecule has 0 saturated carbocycles. The number of piperidine rings is 1. The number of urea groups is 1. The largest absolute Gasteiger partial charge is 0.366 e. The van der Waals surface area contributed by atoms with Gasteiger partial charge in [-0.3, -0.25) is 4.98 Å². The molecule has 5 rings (SSSR count). The second kappa shape index (κ2) is 9.73. The number of likely N-dealkylation sites (tertiary alicyclic amines) is 1. The summed E-state index contributed by atoms with van der Waals surface area (Å²) >= 11 is 0. The van der Waals surface area contributed by atoms with Crippen LogP contribution in [0.3, 0.4) is 0 Å². The highest BCUT2D eigenvalue weighted by Gasteiger charge is 2.26. The Hall–Kier alpha value is -3.95. The van der Waals surface area contributed by atoms with E-state index >= 15 is 0 Å². The Morgan fingerprint density at radius 2 is 2.03 bits per heavy atom. The molecule has 1 aromatic carbocycles. The highest BCUT2D eigenvalue weighted by atomic mass is 19.1. The average molecular weight is 471 g/mol. The van der Waals surface area contributed by atoms with Gasteiger partial charge in [-0.25, -0.2) is 14.2 Å². The zero-order valence-electron chi connectivity index (χ0n) is 19.8. The van der Waals surface area contributed by atoms with E-state index in [1.54, 1.807) is 24.1 Å². The molecular weight excluding hydrogens is 444 g/mol. The molecule has 10 heteroatoms. The van der Waals surface area contributed by atoms with Crippen LogP contribution in [-0.4, -0.2) is 51.4 Å². The topological polar surface area (TPSA) is 87.5 Å². The van der Waals surface area contributed by atoms with Gasteiger partial charge in [0.15, 0.2) is 5.65 Å². The Morgan fingerprint density at radius 1 is 1.20 bits per heavy atom. The number of nitrogens with zero attached hydrogens (tertiary/aromatic N) is 5. The zero-order valence-corrected chi connectivity index (χ0v) is 19.8. The Balaban J connectivity index is 1.28. The summed E-state index contributed by atoms with van der Waals surface area (Å²) in [5, 5.41) is 10.8. The van der Waals surface area contributed by atoms with Gasteiger partial charge in [-0.05, 0) is 60.6 Å². The number of nitrogens with one attached hydrogen (secondary N) is 2. The third-order valence-electron chi connectivity index (χ3n) is 6.36. The molecule has 1 aliphatic heterocycles. The molecule has 2 amide bonds. The number of hydrogen-bond acceptors (Lipinski definition) is 5. The highest BCUT2D eigenvalue weighted by Crippen LogP contribution is 2.29. The summed E-state index contributed by atoms with van der Waals surface area (Å²) < 4.78 is 15.5. The van der Waals surface area contributed by atoms with Crippen molar-refractivity contribution in [2.75, 3.05) is 23.7 Å². The lowest BCUT2D eigenvalue weighted by Crippen LogP contribution is -2.40. The van der Waals surface area contributed by atoms with Crippen molar-refractivity contribution < 1.29 is 9.18 Å². The standard InChI is InChI=1S/C25H27BFN7O/c1-16-9-19(27)11-20(10-16)31-25(35)33-7-4-18(5-8-33)22-12-23(29-14-17-3-2-6-28-13-17)34-24(32-22)21(26)15-30-34/h2-3,6,9-13,15,18,29H,4-5,7-8,14,26H2,1H3,(H,31,35). The average Bonchev–Trinajstić information content (AvgIpc) is 3.23. The predicted molar refractivity (Wildman–Crippen MR) is 136 cm³/mol. The van der Waals surface area contributed by atoms with Crippen LogP contribution in [0.5, 0.6) is 0 Å². The van der Waals surface area contributed by atoms with Crippen molar-refractivity contribution >= 4 is 36.5 Å². The third-order valence-corrected chi connectivity index (χ3v) is 6.36. The zero-order chi connectivity index (χ0) is 24.4. The fourth-order valence-corrected chi connectivity index (χ4v) is 4.51. The van der Waals surface area contributed by atoms with E-state index in [0.717, 1.165) is 46.6 Å². The van der Waals surface area contributed by atoms with Crippen LogP contribution in [0.1, 0.15) is 35.6 Å². The van der Waals surface area contributed by atoms with Crippen molar-refractivity contribution in [3.63, 3.8) is 0 Å². The normalized spacial score (nSPS) is 14.3. The van der Waals surface area contributed by atoms with E-state index in [1.807, 2.05) is 36.9 Å². The van der Waals surface area contributed by atoms with Crippen LogP contribution < -0.4 is 16.1 Å². The smallest absolute Gasteiger partial charge is 0.321 e. The summed E-state index contributed by atoms with van der Waals surface area (Å²) in [6.07, 6.45) is 7.02. The van der Waals surface area contributed by atoms with Gasteiger partial charge in [0.2, 0.25) is 0 Å².